The second-order valence-electron chi connectivity index (χ2n) is 5.36. The average molecular weight is 229 g/mol. The fourth-order valence-electron chi connectivity index (χ4n) is 2.80. The number of nitrogens with two attached hydrogens (primary N) is 1. The first-order chi connectivity index (χ1) is 8.12. The fourth-order valence-corrected chi connectivity index (χ4v) is 2.80. The van der Waals surface area contributed by atoms with Crippen LogP contribution in [0.3, 0.4) is 0 Å². The van der Waals surface area contributed by atoms with E-state index in [1.54, 1.807) is 0 Å². The van der Waals surface area contributed by atoms with Gasteiger partial charge in [0, 0.05) is 29.7 Å². The number of hydrogen-bond donors (Lipinski definition) is 3. The van der Waals surface area contributed by atoms with Gasteiger partial charge in [0.25, 0.3) is 0 Å². The molecule has 1 aliphatic rings. The topological polar surface area (TPSA) is 53.8 Å². The van der Waals surface area contributed by atoms with Crippen molar-refractivity contribution in [1.82, 2.24) is 10.3 Å². The van der Waals surface area contributed by atoms with Crippen LogP contribution in [0.4, 0.5) is 0 Å². The standard InChI is InChI=1S/C14H19N3/c1-14(2)13-10(5-6-16-14)11-7-9(8-15)3-4-12(11)17-13/h3-4,7,16-17H,5-6,8,15H2,1-2H3. The molecule has 2 aromatic rings. The van der Waals surface area contributed by atoms with E-state index in [2.05, 4.69) is 42.3 Å². The van der Waals surface area contributed by atoms with Gasteiger partial charge in [-0.15, -0.1) is 0 Å². The minimum atomic E-state index is 0.0372. The molecule has 4 N–H and O–H groups in total. The summed E-state index contributed by atoms with van der Waals surface area (Å²) in [7, 11) is 0. The molecule has 3 nitrogen and oxygen atoms in total. The van der Waals surface area contributed by atoms with Gasteiger partial charge in [0.15, 0.2) is 0 Å². The summed E-state index contributed by atoms with van der Waals surface area (Å²) in [6.07, 6.45) is 1.09. The van der Waals surface area contributed by atoms with E-state index in [1.165, 1.54) is 27.7 Å². The number of H-pyrrole nitrogens is 1. The van der Waals surface area contributed by atoms with Crippen LogP contribution in [0.1, 0.15) is 30.7 Å². The summed E-state index contributed by atoms with van der Waals surface area (Å²) in [6.45, 7) is 6.10. The Kier molecular flexibility index (Phi) is 2.28. The van der Waals surface area contributed by atoms with E-state index in [0.29, 0.717) is 6.54 Å². The van der Waals surface area contributed by atoms with E-state index in [4.69, 9.17) is 5.73 Å². The number of hydrogen-bond acceptors (Lipinski definition) is 2. The summed E-state index contributed by atoms with van der Waals surface area (Å²) < 4.78 is 0. The van der Waals surface area contributed by atoms with Crippen molar-refractivity contribution in [3.05, 3.63) is 35.0 Å². The van der Waals surface area contributed by atoms with Gasteiger partial charge in [-0.3, -0.25) is 0 Å². The van der Waals surface area contributed by atoms with Crippen LogP contribution in [0.2, 0.25) is 0 Å². The summed E-state index contributed by atoms with van der Waals surface area (Å²) in [4.78, 5) is 3.55. The summed E-state index contributed by atoms with van der Waals surface area (Å²) in [5, 5.41) is 4.89. The van der Waals surface area contributed by atoms with Crippen molar-refractivity contribution >= 4 is 10.9 Å². The lowest BCUT2D eigenvalue weighted by Crippen LogP contribution is -2.42. The van der Waals surface area contributed by atoms with Crippen LogP contribution in [0.15, 0.2) is 18.2 Å². The van der Waals surface area contributed by atoms with Crippen LogP contribution in [0.5, 0.6) is 0 Å². The second-order valence-corrected chi connectivity index (χ2v) is 5.36. The number of aromatic nitrogens is 1. The second kappa shape index (κ2) is 3.59. The van der Waals surface area contributed by atoms with Crippen molar-refractivity contribution in [3.8, 4) is 0 Å². The molecule has 0 bridgehead atoms. The van der Waals surface area contributed by atoms with Gasteiger partial charge in [0.1, 0.15) is 0 Å². The number of rotatable bonds is 1. The summed E-state index contributed by atoms with van der Waals surface area (Å²) in [5.41, 5.74) is 11.0. The monoisotopic (exact) mass is 229 g/mol. The number of nitrogens with one attached hydrogen (secondary N) is 2. The maximum absolute atomic E-state index is 5.72. The van der Waals surface area contributed by atoms with Crippen molar-refractivity contribution in [2.24, 2.45) is 5.73 Å². The fraction of sp³-hybridized carbons (Fsp3) is 0.429. The highest BCUT2D eigenvalue weighted by Gasteiger charge is 2.29. The molecule has 17 heavy (non-hydrogen) atoms. The third-order valence-corrected chi connectivity index (χ3v) is 3.77. The highest BCUT2D eigenvalue weighted by molar-refractivity contribution is 5.86. The first kappa shape index (κ1) is 10.8. The van der Waals surface area contributed by atoms with E-state index in [0.717, 1.165) is 13.0 Å². The smallest absolute Gasteiger partial charge is 0.0532 e. The van der Waals surface area contributed by atoms with E-state index < -0.39 is 0 Å². The normalized spacial score (nSPS) is 18.3. The molecule has 1 aromatic heterocycles. The molecule has 90 valence electrons. The number of fused-ring (bicyclic) bond motifs is 3. The first-order valence-electron chi connectivity index (χ1n) is 6.21. The van der Waals surface area contributed by atoms with Crippen LogP contribution in [-0.4, -0.2) is 11.5 Å². The molecule has 1 aliphatic heterocycles. The molecule has 0 fully saturated rings. The van der Waals surface area contributed by atoms with Crippen LogP contribution in [-0.2, 0) is 18.5 Å². The Balaban J connectivity index is 2.27. The quantitative estimate of drug-likeness (QED) is 0.700. The first-order valence-corrected chi connectivity index (χ1v) is 6.21. The molecule has 0 radical (unpaired) electrons. The average Bonchev–Trinajstić information content (AvgIpc) is 2.68. The van der Waals surface area contributed by atoms with Crippen molar-refractivity contribution < 1.29 is 0 Å². The van der Waals surface area contributed by atoms with Crippen LogP contribution < -0.4 is 11.1 Å². The molecule has 3 rings (SSSR count). The molecule has 3 heteroatoms. The zero-order chi connectivity index (χ0) is 12.0. The Morgan fingerprint density at radius 2 is 2.18 bits per heavy atom. The largest absolute Gasteiger partial charge is 0.357 e. The Morgan fingerprint density at radius 1 is 1.35 bits per heavy atom. The molecule has 2 heterocycles. The molecule has 0 saturated carbocycles. The maximum Gasteiger partial charge on any atom is 0.0532 e. The Hall–Kier alpha value is -1.32. The van der Waals surface area contributed by atoms with Crippen molar-refractivity contribution in [2.75, 3.05) is 6.54 Å². The Morgan fingerprint density at radius 3 is 2.94 bits per heavy atom. The van der Waals surface area contributed by atoms with Crippen molar-refractivity contribution in [2.45, 2.75) is 32.4 Å². The summed E-state index contributed by atoms with van der Waals surface area (Å²) in [5.74, 6) is 0. The third-order valence-electron chi connectivity index (χ3n) is 3.77. The summed E-state index contributed by atoms with van der Waals surface area (Å²) >= 11 is 0. The molecule has 0 aliphatic carbocycles. The van der Waals surface area contributed by atoms with Gasteiger partial charge in [-0.05, 0) is 43.5 Å². The van der Waals surface area contributed by atoms with Gasteiger partial charge >= 0.3 is 0 Å². The predicted molar refractivity (Wildman–Crippen MR) is 70.9 cm³/mol. The van der Waals surface area contributed by atoms with E-state index in [9.17, 15) is 0 Å². The molecular weight excluding hydrogens is 210 g/mol. The summed E-state index contributed by atoms with van der Waals surface area (Å²) in [6, 6.07) is 6.47. The molecule has 1 aromatic carbocycles. The lowest BCUT2D eigenvalue weighted by Gasteiger charge is -2.31. The zero-order valence-electron chi connectivity index (χ0n) is 10.4. The van der Waals surface area contributed by atoms with E-state index in [-0.39, 0.29) is 5.54 Å². The van der Waals surface area contributed by atoms with Gasteiger partial charge in [-0.2, -0.15) is 0 Å². The Bertz CT molecular complexity index is 566. The molecule has 0 spiro atoms. The van der Waals surface area contributed by atoms with E-state index >= 15 is 0 Å². The number of benzene rings is 1. The molecule has 0 atom stereocenters. The van der Waals surface area contributed by atoms with Crippen molar-refractivity contribution in [3.63, 3.8) is 0 Å². The highest BCUT2D eigenvalue weighted by Crippen LogP contribution is 2.33. The maximum atomic E-state index is 5.72. The van der Waals surface area contributed by atoms with Gasteiger partial charge in [-0.1, -0.05) is 6.07 Å². The highest BCUT2D eigenvalue weighted by atomic mass is 15.0. The lowest BCUT2D eigenvalue weighted by atomic mass is 9.90. The van der Waals surface area contributed by atoms with Gasteiger partial charge in [-0.25, -0.2) is 0 Å². The van der Waals surface area contributed by atoms with Crippen LogP contribution in [0, 0.1) is 0 Å². The van der Waals surface area contributed by atoms with Crippen molar-refractivity contribution in [1.29, 1.82) is 0 Å². The Labute approximate surface area is 101 Å². The molecule has 0 unspecified atom stereocenters. The predicted octanol–water partition coefficient (Wildman–Crippen LogP) is 2.01. The van der Waals surface area contributed by atoms with Gasteiger partial charge in [0.2, 0.25) is 0 Å². The molecule has 0 saturated heterocycles. The van der Waals surface area contributed by atoms with E-state index in [1.807, 2.05) is 0 Å². The molecule has 0 amide bonds. The van der Waals surface area contributed by atoms with Crippen LogP contribution >= 0.6 is 0 Å². The lowest BCUT2D eigenvalue weighted by molar-refractivity contribution is 0.374. The van der Waals surface area contributed by atoms with Crippen LogP contribution in [0.25, 0.3) is 10.9 Å². The number of aromatic amines is 1. The van der Waals surface area contributed by atoms with Gasteiger partial charge < -0.3 is 16.0 Å². The third kappa shape index (κ3) is 1.58. The SMILES string of the molecule is CC1(C)NCCc2c1[nH]c1ccc(CN)cc21. The molecular formula is C14H19N3. The zero-order valence-corrected chi connectivity index (χ0v) is 10.4. The minimum absolute atomic E-state index is 0.0372. The minimum Gasteiger partial charge on any atom is -0.357 e. The van der Waals surface area contributed by atoms with Gasteiger partial charge in [0.05, 0.1) is 5.54 Å².